The summed E-state index contributed by atoms with van der Waals surface area (Å²) in [7, 11) is -3.18. The van der Waals surface area contributed by atoms with E-state index in [0.29, 0.717) is 22.5 Å². The molecule has 2 aliphatic heterocycles. The highest BCUT2D eigenvalue weighted by atomic mass is 31.2. The van der Waals surface area contributed by atoms with Crippen LogP contribution in [-0.4, -0.2) is 63.5 Å². The lowest BCUT2D eigenvalue weighted by atomic mass is 9.91. The fourth-order valence-corrected chi connectivity index (χ4v) is 5.96. The summed E-state index contributed by atoms with van der Waals surface area (Å²) in [6.45, 7) is 0.519. The summed E-state index contributed by atoms with van der Waals surface area (Å²) in [4.78, 5) is 47.7. The van der Waals surface area contributed by atoms with Crippen LogP contribution in [0.1, 0.15) is 11.8 Å². The minimum Gasteiger partial charge on any atom is -0.497 e. The summed E-state index contributed by atoms with van der Waals surface area (Å²) >= 11 is 0. The van der Waals surface area contributed by atoms with Crippen LogP contribution in [0.25, 0.3) is 33.4 Å². The molecule has 2 aromatic carbocycles. The number of ether oxygens (including phenoxy) is 3. The minimum atomic E-state index is -4.76. The van der Waals surface area contributed by atoms with E-state index in [9.17, 15) is 34.1 Å². The number of phosphoric acid groups is 1. The van der Waals surface area contributed by atoms with E-state index < -0.39 is 57.0 Å². The predicted octanol–water partition coefficient (Wildman–Crippen LogP) is 2.52. The van der Waals surface area contributed by atoms with E-state index in [2.05, 4.69) is 0 Å². The van der Waals surface area contributed by atoms with Crippen molar-refractivity contribution in [3.05, 3.63) is 103 Å². The predicted molar refractivity (Wildman–Crippen MR) is 165 cm³/mol. The largest absolute Gasteiger partial charge is 0.497 e. The highest BCUT2D eigenvalue weighted by Crippen LogP contribution is 2.45. The number of benzene rings is 3. The molecule has 0 spiro atoms. The van der Waals surface area contributed by atoms with Crippen LogP contribution < -0.4 is 26.2 Å². The summed E-state index contributed by atoms with van der Waals surface area (Å²) in [6.07, 6.45) is -4.85. The molecule has 4 N–H and O–H groups in total. The molecule has 6 rings (SSSR count). The molecular formula is C31H29N2O13P. The van der Waals surface area contributed by atoms with Crippen molar-refractivity contribution in [3.63, 3.8) is 0 Å². The zero-order valence-electron chi connectivity index (χ0n) is 24.9. The molecule has 16 heteroatoms. The summed E-state index contributed by atoms with van der Waals surface area (Å²) < 4.78 is 45.7. The monoisotopic (exact) mass is 668 g/mol. The molecule has 246 valence electrons. The molecule has 1 fully saturated rings. The number of nitrogens with one attached hydrogen (secondary N) is 1. The number of hydrogen-bond acceptors (Lipinski definition) is 12. The van der Waals surface area contributed by atoms with Crippen molar-refractivity contribution in [1.82, 2.24) is 9.55 Å². The van der Waals surface area contributed by atoms with Crippen molar-refractivity contribution in [1.29, 1.82) is 0 Å². The van der Waals surface area contributed by atoms with Crippen LogP contribution in [0.2, 0.25) is 0 Å². The second kappa shape index (κ2) is 12.9. The molecule has 5 atom stereocenters. The van der Waals surface area contributed by atoms with Gasteiger partial charge in [0.05, 0.1) is 13.7 Å². The van der Waals surface area contributed by atoms with E-state index in [-0.39, 0.29) is 11.2 Å². The number of aliphatic hydroxyl groups excluding tert-OH is 2. The Bertz CT molecular complexity index is 2140. The zero-order valence-corrected chi connectivity index (χ0v) is 25.8. The van der Waals surface area contributed by atoms with Gasteiger partial charge in [0.15, 0.2) is 18.4 Å². The molecule has 1 saturated heterocycles. The first-order valence-electron chi connectivity index (χ1n) is 14.2. The van der Waals surface area contributed by atoms with Gasteiger partial charge in [0.2, 0.25) is 0 Å². The number of rotatable bonds is 10. The van der Waals surface area contributed by atoms with E-state index in [1.54, 1.807) is 31.4 Å². The maximum absolute atomic E-state index is 12.5. The van der Waals surface area contributed by atoms with Gasteiger partial charge >= 0.3 is 13.5 Å². The number of H-pyrrole nitrogens is 1. The SMILES string of the molecule is COc1ccc(-c2c3ccc(=O)cc-3oc3cc(OCOP(=O)(O)OC[C@H]4O[C@@H](n5ccc(=O)[nH]c5=O)[C@H](O)[C@@H]4O)ccc23)c(C)c1. The summed E-state index contributed by atoms with van der Waals surface area (Å²) in [5.74, 6) is 1.26. The quantitative estimate of drug-likeness (QED) is 0.0959. The van der Waals surface area contributed by atoms with E-state index in [1.165, 1.54) is 12.1 Å². The Hall–Kier alpha value is -4.60. The standard InChI is InChI=1S/C31H29N2O13P/c1-16-11-18(41-2)4-7-20(16)27-21-6-3-17(34)12-23(21)45-24-13-19(5-8-22(24)27)42-15-44-47(39,40)43-14-25-28(36)29(37)30(46-25)33-10-9-26(35)32-31(33)38/h3-13,25,28-30,36-37H,14-15H2,1-2H3,(H,39,40)(H,32,35,38)/t25-,28-,29-,30-/m1/s1. The third-order valence-corrected chi connectivity index (χ3v) is 8.58. The van der Waals surface area contributed by atoms with Crippen LogP contribution in [0.5, 0.6) is 11.5 Å². The number of aryl methyl sites for hydroxylation is 1. The molecule has 3 aromatic rings. The first-order chi connectivity index (χ1) is 22.4. The van der Waals surface area contributed by atoms with E-state index in [0.717, 1.165) is 39.1 Å². The number of methoxy groups -OCH3 is 1. The third kappa shape index (κ3) is 6.64. The van der Waals surface area contributed by atoms with Crippen molar-refractivity contribution < 1.29 is 47.3 Å². The summed E-state index contributed by atoms with van der Waals surface area (Å²) in [6, 6.07) is 16.1. The van der Waals surface area contributed by atoms with Crippen molar-refractivity contribution >= 4 is 18.8 Å². The second-order valence-electron chi connectivity index (χ2n) is 10.7. The Kier molecular flexibility index (Phi) is 8.87. The normalized spacial score (nSPS) is 20.8. The van der Waals surface area contributed by atoms with Crippen LogP contribution in [0, 0.1) is 6.92 Å². The zero-order chi connectivity index (χ0) is 33.5. The maximum atomic E-state index is 12.5. The molecule has 47 heavy (non-hydrogen) atoms. The molecule has 3 heterocycles. The van der Waals surface area contributed by atoms with Crippen LogP contribution in [0.15, 0.2) is 85.7 Å². The first-order valence-corrected chi connectivity index (χ1v) is 15.7. The topological polar surface area (TPSA) is 209 Å². The Labute approximate surface area is 265 Å². The summed E-state index contributed by atoms with van der Waals surface area (Å²) in [5.41, 5.74) is 1.96. The van der Waals surface area contributed by atoms with Crippen LogP contribution >= 0.6 is 7.82 Å². The lowest BCUT2D eigenvalue weighted by molar-refractivity contribution is -0.0567. The molecule has 0 radical (unpaired) electrons. The Morgan fingerprint density at radius 2 is 1.70 bits per heavy atom. The Morgan fingerprint density at radius 3 is 2.45 bits per heavy atom. The van der Waals surface area contributed by atoms with Gasteiger partial charge in [-0.15, -0.1) is 0 Å². The van der Waals surface area contributed by atoms with E-state index in [1.807, 2.05) is 30.1 Å². The molecule has 1 aliphatic carbocycles. The lowest BCUT2D eigenvalue weighted by Gasteiger charge is -2.18. The number of hydrogen-bond donors (Lipinski definition) is 4. The van der Waals surface area contributed by atoms with Gasteiger partial charge in [0.1, 0.15) is 41.2 Å². The maximum Gasteiger partial charge on any atom is 0.475 e. The Morgan fingerprint density at radius 1 is 0.936 bits per heavy atom. The molecule has 15 nitrogen and oxygen atoms in total. The van der Waals surface area contributed by atoms with E-state index >= 15 is 0 Å². The molecule has 1 unspecified atom stereocenters. The number of phosphoric ester groups is 1. The molecule has 0 amide bonds. The van der Waals surface area contributed by atoms with Crippen molar-refractivity contribution in [2.24, 2.45) is 0 Å². The van der Waals surface area contributed by atoms with Crippen LogP contribution in [0.3, 0.4) is 0 Å². The molecular weight excluding hydrogens is 639 g/mol. The summed E-state index contributed by atoms with van der Waals surface area (Å²) in [5, 5.41) is 21.4. The van der Waals surface area contributed by atoms with Gasteiger partial charge in [-0.2, -0.15) is 0 Å². The molecule has 3 aliphatic rings. The first kappa shape index (κ1) is 32.3. The highest BCUT2D eigenvalue weighted by molar-refractivity contribution is 7.47. The van der Waals surface area contributed by atoms with Gasteiger partial charge in [0, 0.05) is 40.9 Å². The third-order valence-electron chi connectivity index (χ3n) is 7.67. The fourth-order valence-electron chi connectivity index (χ4n) is 5.36. The van der Waals surface area contributed by atoms with Gasteiger partial charge in [-0.3, -0.25) is 23.7 Å². The van der Waals surface area contributed by atoms with Gasteiger partial charge in [0.25, 0.3) is 5.56 Å². The van der Waals surface area contributed by atoms with Crippen molar-refractivity contribution in [2.75, 3.05) is 20.5 Å². The van der Waals surface area contributed by atoms with Gasteiger partial charge in [-0.25, -0.2) is 13.9 Å². The lowest BCUT2D eigenvalue weighted by Crippen LogP contribution is -2.37. The van der Waals surface area contributed by atoms with Gasteiger partial charge in [-0.1, -0.05) is 6.07 Å². The average Bonchev–Trinajstić information content (AvgIpc) is 3.31. The minimum absolute atomic E-state index is 0.211. The second-order valence-corrected chi connectivity index (χ2v) is 12.1. The molecule has 0 saturated carbocycles. The van der Waals surface area contributed by atoms with Gasteiger partial charge < -0.3 is 33.7 Å². The highest BCUT2D eigenvalue weighted by Gasteiger charge is 2.45. The number of aromatic nitrogens is 2. The van der Waals surface area contributed by atoms with Crippen LogP contribution in [0.4, 0.5) is 0 Å². The smallest absolute Gasteiger partial charge is 0.475 e. The molecule has 1 aromatic heterocycles. The number of aromatic amines is 1. The van der Waals surface area contributed by atoms with Crippen LogP contribution in [-0.2, 0) is 18.3 Å². The van der Waals surface area contributed by atoms with E-state index in [4.69, 9.17) is 27.7 Å². The van der Waals surface area contributed by atoms with Gasteiger partial charge in [-0.05, 0) is 54.4 Å². The number of fused-ring (bicyclic) bond motifs is 2. The number of nitrogens with zero attached hydrogens (tertiary/aromatic N) is 1. The fraction of sp³-hybridized carbons (Fsp3) is 0.258. The Balaban J connectivity index is 1.15. The molecule has 0 bridgehead atoms. The van der Waals surface area contributed by atoms with Crippen molar-refractivity contribution in [3.8, 4) is 33.9 Å². The number of aliphatic hydroxyl groups is 2. The average molecular weight is 669 g/mol. The van der Waals surface area contributed by atoms with Crippen molar-refractivity contribution in [2.45, 2.75) is 31.5 Å².